The minimum Gasteiger partial charge on any atom is -0.380 e. The Labute approximate surface area is 211 Å². The molecule has 0 saturated carbocycles. The molecule has 0 aromatic heterocycles. The SMILES string of the molecule is CC(C)C(O)(c1ccccc1)c1ccccc1.COC(c1ccccc1)(c1ccccc1)C(C)C. The Hall–Kier alpha value is -3.20. The van der Waals surface area contributed by atoms with Crippen LogP contribution in [-0.4, -0.2) is 12.2 Å². The Bertz CT molecular complexity index is 1040. The maximum atomic E-state index is 11.0. The molecule has 1 N–H and O–H groups in total. The van der Waals surface area contributed by atoms with Crippen LogP contribution < -0.4 is 0 Å². The molecule has 0 bridgehead atoms. The van der Waals surface area contributed by atoms with Crippen molar-refractivity contribution in [2.75, 3.05) is 7.11 Å². The number of rotatable bonds is 7. The first-order chi connectivity index (χ1) is 16.9. The van der Waals surface area contributed by atoms with Crippen molar-refractivity contribution in [2.24, 2.45) is 11.8 Å². The van der Waals surface area contributed by atoms with Crippen LogP contribution in [0.15, 0.2) is 121 Å². The summed E-state index contributed by atoms with van der Waals surface area (Å²) in [6.45, 7) is 8.48. The third kappa shape index (κ3) is 5.56. The van der Waals surface area contributed by atoms with E-state index in [-0.39, 0.29) is 11.5 Å². The standard InChI is InChI=1S/C17H20O.C16H18O/c1-14(2)17(18-3,15-10-6-4-7-11-15)16-12-8-5-9-13-16;1-13(2)16(17,14-9-5-3-6-10-14)15-11-7-4-8-12-15/h4-14H,1-3H3;3-13,17H,1-2H3. The van der Waals surface area contributed by atoms with Crippen molar-refractivity contribution in [1.82, 2.24) is 0 Å². The predicted octanol–water partition coefficient (Wildman–Crippen LogP) is 7.81. The first-order valence-electron chi connectivity index (χ1n) is 12.4. The van der Waals surface area contributed by atoms with Crippen molar-refractivity contribution in [2.45, 2.75) is 38.9 Å². The van der Waals surface area contributed by atoms with Gasteiger partial charge >= 0.3 is 0 Å². The fourth-order valence-electron chi connectivity index (χ4n) is 4.89. The van der Waals surface area contributed by atoms with Crippen LogP contribution in [0.1, 0.15) is 49.9 Å². The van der Waals surface area contributed by atoms with Crippen LogP contribution in [0.3, 0.4) is 0 Å². The Morgan fingerprint density at radius 2 is 0.771 bits per heavy atom. The molecular weight excluding hydrogens is 428 g/mol. The van der Waals surface area contributed by atoms with Gasteiger partial charge in [-0.3, -0.25) is 0 Å². The van der Waals surface area contributed by atoms with E-state index < -0.39 is 5.60 Å². The molecule has 0 radical (unpaired) electrons. The summed E-state index contributed by atoms with van der Waals surface area (Å²) < 4.78 is 5.97. The smallest absolute Gasteiger partial charge is 0.120 e. The molecule has 4 aromatic carbocycles. The number of benzene rings is 4. The molecule has 0 unspecified atom stereocenters. The summed E-state index contributed by atoms with van der Waals surface area (Å²) in [6.07, 6.45) is 0. The Kier molecular flexibility index (Phi) is 9.03. The molecule has 4 rings (SSSR count). The van der Waals surface area contributed by atoms with Crippen LogP contribution in [0.25, 0.3) is 0 Å². The van der Waals surface area contributed by atoms with E-state index in [1.165, 1.54) is 11.1 Å². The van der Waals surface area contributed by atoms with Gasteiger partial charge in [0.05, 0.1) is 0 Å². The Balaban J connectivity index is 0.000000196. The molecule has 0 spiro atoms. The highest BCUT2D eigenvalue weighted by Crippen LogP contribution is 2.40. The topological polar surface area (TPSA) is 29.5 Å². The van der Waals surface area contributed by atoms with Crippen LogP contribution in [0.4, 0.5) is 0 Å². The molecule has 2 heteroatoms. The Morgan fingerprint density at radius 1 is 0.486 bits per heavy atom. The summed E-state index contributed by atoms with van der Waals surface area (Å²) in [5.41, 5.74) is 3.01. The molecule has 2 nitrogen and oxygen atoms in total. The number of hydrogen-bond acceptors (Lipinski definition) is 2. The van der Waals surface area contributed by atoms with Gasteiger partial charge in [0.15, 0.2) is 0 Å². The minimum absolute atomic E-state index is 0.118. The van der Waals surface area contributed by atoms with Gasteiger partial charge in [-0.1, -0.05) is 149 Å². The molecule has 0 atom stereocenters. The highest BCUT2D eigenvalue weighted by molar-refractivity contribution is 5.38. The zero-order valence-corrected chi connectivity index (χ0v) is 21.6. The van der Waals surface area contributed by atoms with Crippen LogP contribution >= 0.6 is 0 Å². The lowest BCUT2D eigenvalue weighted by Gasteiger charge is -2.37. The molecule has 0 aliphatic rings. The van der Waals surface area contributed by atoms with Crippen LogP contribution in [0, 0.1) is 11.8 Å². The largest absolute Gasteiger partial charge is 0.380 e. The number of aliphatic hydroxyl groups is 1. The molecule has 4 aromatic rings. The fraction of sp³-hybridized carbons (Fsp3) is 0.273. The van der Waals surface area contributed by atoms with Gasteiger partial charge in [0.2, 0.25) is 0 Å². The van der Waals surface area contributed by atoms with Gasteiger partial charge in [0, 0.05) is 7.11 Å². The highest BCUT2D eigenvalue weighted by Gasteiger charge is 2.37. The van der Waals surface area contributed by atoms with Crippen molar-refractivity contribution >= 4 is 0 Å². The second kappa shape index (κ2) is 12.0. The second-order valence-corrected chi connectivity index (χ2v) is 9.48. The quantitative estimate of drug-likeness (QED) is 0.301. The number of ether oxygens (including phenoxy) is 1. The summed E-state index contributed by atoms with van der Waals surface area (Å²) in [5.74, 6) is 0.472. The van der Waals surface area contributed by atoms with Crippen molar-refractivity contribution in [1.29, 1.82) is 0 Å². The molecule has 0 aliphatic carbocycles. The van der Waals surface area contributed by atoms with Gasteiger partial charge < -0.3 is 9.84 Å². The third-order valence-electron chi connectivity index (χ3n) is 6.80. The monoisotopic (exact) mass is 466 g/mol. The summed E-state index contributed by atoms with van der Waals surface area (Å²) in [5, 5.41) is 11.0. The van der Waals surface area contributed by atoms with E-state index in [0.29, 0.717) is 5.92 Å². The van der Waals surface area contributed by atoms with E-state index in [9.17, 15) is 5.11 Å². The van der Waals surface area contributed by atoms with Crippen molar-refractivity contribution in [3.8, 4) is 0 Å². The number of methoxy groups -OCH3 is 1. The normalized spacial score (nSPS) is 11.8. The first kappa shape index (κ1) is 26.4. The molecule has 0 saturated heterocycles. The maximum Gasteiger partial charge on any atom is 0.120 e. The maximum absolute atomic E-state index is 11.0. The van der Waals surface area contributed by atoms with Gasteiger partial charge in [-0.2, -0.15) is 0 Å². The zero-order chi connectivity index (χ0) is 25.3. The lowest BCUT2D eigenvalue weighted by atomic mass is 9.77. The lowest BCUT2D eigenvalue weighted by Crippen LogP contribution is -2.35. The van der Waals surface area contributed by atoms with Crippen LogP contribution in [-0.2, 0) is 15.9 Å². The lowest BCUT2D eigenvalue weighted by molar-refractivity contribution is -0.0174. The van der Waals surface area contributed by atoms with Crippen LogP contribution in [0.2, 0.25) is 0 Å². The summed E-state index contributed by atoms with van der Waals surface area (Å²) in [6, 6.07) is 40.6. The van der Waals surface area contributed by atoms with Crippen molar-refractivity contribution in [3.63, 3.8) is 0 Å². The van der Waals surface area contributed by atoms with Gasteiger partial charge in [0.25, 0.3) is 0 Å². The van der Waals surface area contributed by atoms with E-state index in [2.05, 4.69) is 62.4 Å². The first-order valence-corrected chi connectivity index (χ1v) is 12.4. The van der Waals surface area contributed by atoms with Crippen molar-refractivity contribution < 1.29 is 9.84 Å². The van der Waals surface area contributed by atoms with Gasteiger partial charge in [-0.15, -0.1) is 0 Å². The molecule has 0 fully saturated rings. The second-order valence-electron chi connectivity index (χ2n) is 9.48. The van der Waals surface area contributed by atoms with Crippen molar-refractivity contribution in [3.05, 3.63) is 144 Å². The average Bonchev–Trinajstić information content (AvgIpc) is 2.91. The van der Waals surface area contributed by atoms with E-state index in [1.807, 2.05) is 86.6 Å². The van der Waals surface area contributed by atoms with E-state index in [0.717, 1.165) is 11.1 Å². The van der Waals surface area contributed by atoms with Gasteiger partial charge in [-0.25, -0.2) is 0 Å². The Morgan fingerprint density at radius 3 is 1.00 bits per heavy atom. The number of hydrogen-bond donors (Lipinski definition) is 1. The molecule has 35 heavy (non-hydrogen) atoms. The van der Waals surface area contributed by atoms with E-state index >= 15 is 0 Å². The molecule has 0 heterocycles. The van der Waals surface area contributed by atoms with E-state index in [4.69, 9.17) is 4.74 Å². The average molecular weight is 467 g/mol. The van der Waals surface area contributed by atoms with E-state index in [1.54, 1.807) is 7.11 Å². The molecular formula is C33H38O2. The zero-order valence-electron chi connectivity index (χ0n) is 21.6. The molecule has 0 amide bonds. The summed E-state index contributed by atoms with van der Waals surface area (Å²) in [7, 11) is 1.79. The van der Waals surface area contributed by atoms with Gasteiger partial charge in [-0.05, 0) is 34.1 Å². The predicted molar refractivity (Wildman–Crippen MR) is 146 cm³/mol. The van der Waals surface area contributed by atoms with Gasteiger partial charge in [0.1, 0.15) is 11.2 Å². The minimum atomic E-state index is -0.914. The fourth-order valence-corrected chi connectivity index (χ4v) is 4.89. The summed E-state index contributed by atoms with van der Waals surface area (Å²) in [4.78, 5) is 0. The van der Waals surface area contributed by atoms with Crippen LogP contribution in [0.5, 0.6) is 0 Å². The molecule has 0 aliphatic heterocycles. The molecule has 182 valence electrons. The summed E-state index contributed by atoms with van der Waals surface area (Å²) >= 11 is 0. The highest BCUT2D eigenvalue weighted by atomic mass is 16.5. The third-order valence-corrected chi connectivity index (χ3v) is 6.80.